The number of allylic oxidation sites excluding steroid dienone is 1. The van der Waals surface area contributed by atoms with Gasteiger partial charge in [-0.15, -0.1) is 23.5 Å². The minimum absolute atomic E-state index is 0.0315. The van der Waals surface area contributed by atoms with Crippen LogP contribution in [0, 0.1) is 0 Å². The van der Waals surface area contributed by atoms with E-state index in [9.17, 15) is 9.59 Å². The number of nitrogens with zero attached hydrogens (tertiary/aromatic N) is 3. The van der Waals surface area contributed by atoms with Gasteiger partial charge in [-0.3, -0.25) is 14.6 Å². The number of carboxylic acids is 1. The molecule has 7 nitrogen and oxygen atoms in total. The molecule has 0 fully saturated rings. The zero-order valence-electron chi connectivity index (χ0n) is 16.2. The smallest absolute Gasteiger partial charge is 0.305 e. The average Bonchev–Trinajstić information content (AvgIpc) is 2.71. The Balaban J connectivity index is 2.21. The number of carbonyl (C=O) groups is 2. The summed E-state index contributed by atoms with van der Waals surface area (Å²) in [4.78, 5) is 32.8. The molecule has 0 spiro atoms. The van der Waals surface area contributed by atoms with Crippen molar-refractivity contribution in [2.75, 3.05) is 43.7 Å². The minimum atomic E-state index is -0.983. The van der Waals surface area contributed by atoms with E-state index < -0.39 is 5.97 Å². The molecule has 1 heterocycles. The van der Waals surface area contributed by atoms with Crippen molar-refractivity contribution in [1.29, 1.82) is 0 Å². The van der Waals surface area contributed by atoms with Gasteiger partial charge in [0.05, 0.1) is 34.8 Å². The van der Waals surface area contributed by atoms with Gasteiger partial charge in [0.25, 0.3) is 5.91 Å². The molecule has 0 saturated carbocycles. The Bertz CT molecular complexity index is 842. The fraction of sp³-hybridized carbons (Fsp3) is 0.368. The highest BCUT2D eigenvalue weighted by molar-refractivity contribution is 8.03. The van der Waals surface area contributed by atoms with Gasteiger partial charge in [0.2, 0.25) is 0 Å². The van der Waals surface area contributed by atoms with Crippen LogP contribution in [0.1, 0.15) is 6.42 Å². The predicted molar refractivity (Wildman–Crippen MR) is 124 cm³/mol. The van der Waals surface area contributed by atoms with Crippen LogP contribution in [0.4, 0.5) is 11.4 Å². The number of aliphatic imine (C=N–C) groups is 1. The van der Waals surface area contributed by atoms with Gasteiger partial charge < -0.3 is 20.0 Å². The third kappa shape index (κ3) is 6.56. The Morgan fingerprint density at radius 2 is 2.14 bits per heavy atom. The number of aliphatic hydroxyl groups is 1. The first kappa shape index (κ1) is 23.4. The number of carboxylic acid groups (broad SMARTS) is 1. The fourth-order valence-electron chi connectivity index (χ4n) is 2.56. The van der Waals surface area contributed by atoms with E-state index in [0.717, 1.165) is 22.0 Å². The number of carbonyl (C=O) groups excluding carboxylic acids is 1. The summed E-state index contributed by atoms with van der Waals surface area (Å²) < 4.78 is 0. The molecule has 0 bridgehead atoms. The van der Waals surface area contributed by atoms with E-state index in [4.69, 9.17) is 22.4 Å². The first-order valence-electron chi connectivity index (χ1n) is 8.79. The van der Waals surface area contributed by atoms with Crippen molar-refractivity contribution in [3.8, 4) is 0 Å². The van der Waals surface area contributed by atoms with Crippen molar-refractivity contribution in [2.24, 2.45) is 4.99 Å². The molecule has 0 unspecified atom stereocenters. The maximum atomic E-state index is 12.7. The van der Waals surface area contributed by atoms with E-state index in [2.05, 4.69) is 4.99 Å². The van der Waals surface area contributed by atoms with E-state index in [1.54, 1.807) is 24.1 Å². The van der Waals surface area contributed by atoms with Gasteiger partial charge in [-0.1, -0.05) is 12.2 Å². The highest BCUT2D eigenvalue weighted by atomic mass is 32.2. The Kier molecular flexibility index (Phi) is 9.15. The lowest BCUT2D eigenvalue weighted by atomic mass is 10.2. The number of thioether (sulfide) groups is 2. The van der Waals surface area contributed by atoms with Gasteiger partial charge in [-0.05, 0) is 30.5 Å². The number of likely N-dealkylation sites (N-methyl/N-ethyl adjacent to an activating group) is 1. The zero-order valence-corrected chi connectivity index (χ0v) is 18.6. The van der Waals surface area contributed by atoms with Gasteiger partial charge >= 0.3 is 5.97 Å². The van der Waals surface area contributed by atoms with Crippen LogP contribution in [-0.4, -0.2) is 76.9 Å². The van der Waals surface area contributed by atoms with Gasteiger partial charge in [0.1, 0.15) is 0 Å². The number of rotatable bonds is 10. The SMILES string of the molecule is CS/C(=C\C1=Nc2ccc(N(C)CCO)cc2SC1)C(=O)N(C=S)CCC(=O)O. The Morgan fingerprint density at radius 1 is 1.38 bits per heavy atom. The molecular weight excluding hydrogens is 430 g/mol. The molecule has 1 aliphatic heterocycles. The minimum Gasteiger partial charge on any atom is -0.481 e. The third-order valence-corrected chi connectivity index (χ3v) is 6.21. The molecule has 2 N–H and O–H groups in total. The van der Waals surface area contributed by atoms with E-state index in [0.29, 0.717) is 17.2 Å². The van der Waals surface area contributed by atoms with Crippen molar-refractivity contribution in [1.82, 2.24) is 4.90 Å². The van der Waals surface area contributed by atoms with Crippen LogP contribution in [0.15, 0.2) is 39.1 Å². The van der Waals surface area contributed by atoms with Crippen LogP contribution in [0.3, 0.4) is 0 Å². The monoisotopic (exact) mass is 453 g/mol. The van der Waals surface area contributed by atoms with Gasteiger partial charge in [0, 0.05) is 36.5 Å². The van der Waals surface area contributed by atoms with Crippen LogP contribution in [0.5, 0.6) is 0 Å². The quantitative estimate of drug-likeness (QED) is 0.413. The zero-order chi connectivity index (χ0) is 21.4. The molecule has 0 radical (unpaired) electrons. The van der Waals surface area contributed by atoms with Crippen molar-refractivity contribution in [3.05, 3.63) is 29.2 Å². The number of aliphatic carboxylic acids is 1. The van der Waals surface area contributed by atoms with Crippen molar-refractivity contribution in [2.45, 2.75) is 11.3 Å². The third-order valence-electron chi connectivity index (χ3n) is 4.14. The summed E-state index contributed by atoms with van der Waals surface area (Å²) in [6.07, 6.45) is 3.36. The van der Waals surface area contributed by atoms with Crippen molar-refractivity contribution < 1.29 is 19.8 Å². The second-order valence-electron chi connectivity index (χ2n) is 6.15. The van der Waals surface area contributed by atoms with E-state index in [1.165, 1.54) is 22.2 Å². The lowest BCUT2D eigenvalue weighted by molar-refractivity contribution is -0.137. The summed E-state index contributed by atoms with van der Waals surface area (Å²) >= 11 is 7.79. The summed E-state index contributed by atoms with van der Waals surface area (Å²) in [5.41, 5.74) is 3.79. The Morgan fingerprint density at radius 3 is 2.76 bits per heavy atom. The summed E-state index contributed by atoms with van der Waals surface area (Å²) in [5, 5.41) is 17.9. The number of amides is 1. The molecule has 1 aromatic rings. The highest BCUT2D eigenvalue weighted by Gasteiger charge is 2.19. The van der Waals surface area contributed by atoms with Gasteiger partial charge in [-0.25, -0.2) is 0 Å². The Hall–Kier alpha value is -1.88. The van der Waals surface area contributed by atoms with Crippen LogP contribution >= 0.6 is 35.7 Å². The van der Waals surface area contributed by atoms with Crippen LogP contribution in [0.2, 0.25) is 0 Å². The normalized spacial score (nSPS) is 13.3. The molecule has 0 aromatic heterocycles. The van der Waals surface area contributed by atoms with Gasteiger partial charge in [-0.2, -0.15) is 0 Å². The predicted octanol–water partition coefficient (Wildman–Crippen LogP) is 2.80. The number of hydrogen-bond acceptors (Lipinski definition) is 8. The molecule has 0 saturated heterocycles. The van der Waals surface area contributed by atoms with Gasteiger partial charge in [0.15, 0.2) is 0 Å². The molecule has 29 heavy (non-hydrogen) atoms. The lowest BCUT2D eigenvalue weighted by Gasteiger charge is -2.21. The molecule has 0 aliphatic carbocycles. The second-order valence-corrected chi connectivity index (χ2v) is 8.23. The summed E-state index contributed by atoms with van der Waals surface area (Å²) in [6.45, 7) is 0.673. The number of fused-ring (bicyclic) bond motifs is 1. The van der Waals surface area contributed by atoms with E-state index in [1.807, 2.05) is 30.1 Å². The van der Waals surface area contributed by atoms with Crippen molar-refractivity contribution >= 4 is 70.2 Å². The second kappa shape index (κ2) is 11.3. The molecule has 156 valence electrons. The summed E-state index contributed by atoms with van der Waals surface area (Å²) in [5.74, 6) is -0.694. The van der Waals surface area contributed by atoms with Crippen LogP contribution < -0.4 is 4.90 Å². The first-order chi connectivity index (χ1) is 13.9. The molecule has 0 atom stereocenters. The maximum Gasteiger partial charge on any atom is 0.305 e. The average molecular weight is 454 g/mol. The number of aliphatic hydroxyl groups excluding tert-OH is 1. The summed E-state index contributed by atoms with van der Waals surface area (Å²) in [7, 11) is 1.92. The molecule has 1 aliphatic rings. The molecular formula is C19H23N3O4S3. The molecule has 1 amide bonds. The first-order valence-corrected chi connectivity index (χ1v) is 11.5. The topological polar surface area (TPSA) is 93.4 Å². The number of thiocarbonyl (C=S) groups is 1. The highest BCUT2D eigenvalue weighted by Crippen LogP contribution is 2.37. The largest absolute Gasteiger partial charge is 0.481 e. The number of anilines is 1. The molecule has 1 aromatic carbocycles. The standard InChI is InChI=1S/C19H23N3O4S3/c1-21(7-8-23)14-3-4-15-16(10-14)29-11-13(20-15)9-17(28-2)19(26)22(12-27)6-5-18(24)25/h3-4,9-10,12,23H,5-8,11H2,1-2H3,(H,24,25)/b17-9-. The van der Waals surface area contributed by atoms with E-state index in [-0.39, 0.29) is 25.5 Å². The lowest BCUT2D eigenvalue weighted by Crippen LogP contribution is -2.32. The van der Waals surface area contributed by atoms with Crippen LogP contribution in [0.25, 0.3) is 0 Å². The number of benzene rings is 1. The fourth-order valence-corrected chi connectivity index (χ4v) is 4.22. The van der Waals surface area contributed by atoms with E-state index >= 15 is 0 Å². The van der Waals surface area contributed by atoms with Crippen LogP contribution in [-0.2, 0) is 9.59 Å². The summed E-state index contributed by atoms with van der Waals surface area (Å²) in [6, 6.07) is 5.92. The maximum absolute atomic E-state index is 12.7. The van der Waals surface area contributed by atoms with Crippen molar-refractivity contribution in [3.63, 3.8) is 0 Å². The Labute approximate surface area is 183 Å². The molecule has 10 heteroatoms. The number of hydrogen-bond donors (Lipinski definition) is 2. The molecule has 2 rings (SSSR count).